The van der Waals surface area contributed by atoms with Gasteiger partial charge in [-0.2, -0.15) is 16.7 Å². The molecule has 3 unspecified atom stereocenters. The third-order valence-electron chi connectivity index (χ3n) is 4.48. The van der Waals surface area contributed by atoms with Gasteiger partial charge in [-0.3, -0.25) is 0 Å². The van der Waals surface area contributed by atoms with E-state index in [1.165, 1.54) is 25.7 Å². The minimum Gasteiger partial charge on any atom is -0.338 e. The zero-order valence-corrected chi connectivity index (χ0v) is 11.7. The standard InChI is InChI=1S/C13H21N3OS/c1-18-5-4-11(14)13-15-12(16-17-13)10-7-8-2-3-9(10)6-8/h8-11H,2-7,14H2,1H3/t8?,9?,10?,11-/m0/s1. The Labute approximate surface area is 112 Å². The predicted octanol–water partition coefficient (Wildman–Crippen LogP) is 2.73. The number of aromatic nitrogens is 2. The van der Waals surface area contributed by atoms with Gasteiger partial charge in [0.15, 0.2) is 5.82 Å². The molecule has 0 spiro atoms. The lowest BCUT2D eigenvalue weighted by molar-refractivity contribution is 0.336. The summed E-state index contributed by atoms with van der Waals surface area (Å²) in [5.41, 5.74) is 6.06. The van der Waals surface area contributed by atoms with E-state index in [1.807, 2.05) is 0 Å². The van der Waals surface area contributed by atoms with Gasteiger partial charge in [-0.15, -0.1) is 0 Å². The van der Waals surface area contributed by atoms with E-state index in [0.717, 1.165) is 29.8 Å². The molecule has 1 heterocycles. The van der Waals surface area contributed by atoms with Gasteiger partial charge in [-0.1, -0.05) is 11.6 Å². The van der Waals surface area contributed by atoms with E-state index in [1.54, 1.807) is 11.8 Å². The highest BCUT2D eigenvalue weighted by Gasteiger charge is 2.42. The lowest BCUT2D eigenvalue weighted by Gasteiger charge is -2.17. The molecule has 0 amide bonds. The maximum absolute atomic E-state index is 6.06. The molecule has 0 aromatic carbocycles. The summed E-state index contributed by atoms with van der Waals surface area (Å²) in [5.74, 6) is 4.81. The molecule has 2 bridgehead atoms. The third-order valence-corrected chi connectivity index (χ3v) is 5.12. The minimum atomic E-state index is -0.0997. The van der Waals surface area contributed by atoms with Crippen molar-refractivity contribution < 1.29 is 4.52 Å². The fourth-order valence-electron chi connectivity index (χ4n) is 3.48. The molecular weight excluding hydrogens is 246 g/mol. The van der Waals surface area contributed by atoms with Crippen LogP contribution in [0.25, 0.3) is 0 Å². The van der Waals surface area contributed by atoms with Gasteiger partial charge in [-0.05, 0) is 49.5 Å². The molecule has 18 heavy (non-hydrogen) atoms. The summed E-state index contributed by atoms with van der Waals surface area (Å²) < 4.78 is 5.35. The smallest absolute Gasteiger partial charge is 0.243 e. The molecule has 2 aliphatic rings. The minimum absolute atomic E-state index is 0.0997. The predicted molar refractivity (Wildman–Crippen MR) is 72.4 cm³/mol. The number of hydrogen-bond acceptors (Lipinski definition) is 5. The van der Waals surface area contributed by atoms with Crippen molar-refractivity contribution >= 4 is 11.8 Å². The molecule has 1 aromatic heterocycles. The van der Waals surface area contributed by atoms with E-state index in [-0.39, 0.29) is 6.04 Å². The van der Waals surface area contributed by atoms with Gasteiger partial charge in [0.05, 0.1) is 6.04 Å². The van der Waals surface area contributed by atoms with Gasteiger partial charge in [0, 0.05) is 5.92 Å². The second-order valence-electron chi connectivity index (χ2n) is 5.66. The highest BCUT2D eigenvalue weighted by Crippen LogP contribution is 2.52. The monoisotopic (exact) mass is 267 g/mol. The second kappa shape index (κ2) is 5.21. The van der Waals surface area contributed by atoms with Crippen molar-refractivity contribution in [3.8, 4) is 0 Å². The maximum Gasteiger partial charge on any atom is 0.243 e. The molecule has 1 aromatic rings. The van der Waals surface area contributed by atoms with Gasteiger partial charge in [0.25, 0.3) is 0 Å². The molecule has 4 nitrogen and oxygen atoms in total. The van der Waals surface area contributed by atoms with Crippen molar-refractivity contribution in [2.24, 2.45) is 17.6 Å². The zero-order chi connectivity index (χ0) is 12.5. The number of nitrogens with zero attached hydrogens (tertiary/aromatic N) is 2. The lowest BCUT2D eigenvalue weighted by atomic mass is 9.88. The summed E-state index contributed by atoms with van der Waals surface area (Å²) in [4.78, 5) is 4.55. The molecule has 2 aliphatic carbocycles. The second-order valence-corrected chi connectivity index (χ2v) is 6.65. The van der Waals surface area contributed by atoms with Crippen LogP contribution >= 0.6 is 11.8 Å². The van der Waals surface area contributed by atoms with Crippen LogP contribution in [-0.4, -0.2) is 22.1 Å². The van der Waals surface area contributed by atoms with Gasteiger partial charge in [-0.25, -0.2) is 0 Å². The Kier molecular flexibility index (Phi) is 3.61. The molecule has 3 rings (SSSR count). The highest BCUT2D eigenvalue weighted by atomic mass is 32.2. The lowest BCUT2D eigenvalue weighted by Crippen LogP contribution is -2.13. The van der Waals surface area contributed by atoms with Crippen LogP contribution in [-0.2, 0) is 0 Å². The molecule has 5 heteroatoms. The summed E-state index contributed by atoms with van der Waals surface area (Å²) in [6, 6.07) is -0.0997. The van der Waals surface area contributed by atoms with Crippen LogP contribution in [0, 0.1) is 11.8 Å². The van der Waals surface area contributed by atoms with E-state index < -0.39 is 0 Å². The number of thioether (sulfide) groups is 1. The Morgan fingerprint density at radius 1 is 1.44 bits per heavy atom. The molecule has 0 aliphatic heterocycles. The summed E-state index contributed by atoms with van der Waals surface area (Å²) in [7, 11) is 0. The first-order chi connectivity index (χ1) is 8.78. The zero-order valence-electron chi connectivity index (χ0n) is 10.8. The quantitative estimate of drug-likeness (QED) is 0.888. The van der Waals surface area contributed by atoms with Crippen molar-refractivity contribution in [3.63, 3.8) is 0 Å². The molecule has 0 saturated heterocycles. The van der Waals surface area contributed by atoms with Crippen molar-refractivity contribution in [2.45, 2.75) is 44.1 Å². The largest absolute Gasteiger partial charge is 0.338 e. The molecular formula is C13H21N3OS. The van der Waals surface area contributed by atoms with Gasteiger partial charge in [0.1, 0.15) is 0 Å². The van der Waals surface area contributed by atoms with E-state index in [0.29, 0.717) is 11.8 Å². The topological polar surface area (TPSA) is 64.9 Å². The Morgan fingerprint density at radius 3 is 3.00 bits per heavy atom. The summed E-state index contributed by atoms with van der Waals surface area (Å²) in [6.07, 6.45) is 8.36. The number of rotatable bonds is 5. The normalized spacial score (nSPS) is 32.0. The summed E-state index contributed by atoms with van der Waals surface area (Å²) in [5, 5.41) is 4.17. The third kappa shape index (κ3) is 2.30. The maximum atomic E-state index is 6.06. The fraction of sp³-hybridized carbons (Fsp3) is 0.846. The number of fused-ring (bicyclic) bond motifs is 2. The van der Waals surface area contributed by atoms with E-state index in [9.17, 15) is 0 Å². The summed E-state index contributed by atoms with van der Waals surface area (Å²) >= 11 is 1.80. The molecule has 2 N–H and O–H groups in total. The highest BCUT2D eigenvalue weighted by molar-refractivity contribution is 7.98. The molecule has 100 valence electrons. The van der Waals surface area contributed by atoms with Crippen molar-refractivity contribution in [2.75, 3.05) is 12.0 Å². The van der Waals surface area contributed by atoms with E-state index >= 15 is 0 Å². The molecule has 0 radical (unpaired) electrons. The van der Waals surface area contributed by atoms with Crippen molar-refractivity contribution in [1.29, 1.82) is 0 Å². The van der Waals surface area contributed by atoms with Crippen LogP contribution in [0.1, 0.15) is 55.8 Å². The van der Waals surface area contributed by atoms with Crippen LogP contribution in [0.15, 0.2) is 4.52 Å². The average molecular weight is 267 g/mol. The van der Waals surface area contributed by atoms with Crippen molar-refractivity contribution in [1.82, 2.24) is 10.1 Å². The van der Waals surface area contributed by atoms with E-state index in [2.05, 4.69) is 16.4 Å². The van der Waals surface area contributed by atoms with Crippen LogP contribution in [0.3, 0.4) is 0 Å². The first-order valence-electron chi connectivity index (χ1n) is 6.86. The van der Waals surface area contributed by atoms with Gasteiger partial charge in [0.2, 0.25) is 5.89 Å². The van der Waals surface area contributed by atoms with Crippen LogP contribution in [0.2, 0.25) is 0 Å². The number of hydrogen-bond donors (Lipinski definition) is 1. The van der Waals surface area contributed by atoms with Gasteiger partial charge < -0.3 is 10.3 Å². The Bertz CT molecular complexity index is 409. The molecule has 4 atom stereocenters. The Hall–Kier alpha value is -0.550. The van der Waals surface area contributed by atoms with Crippen molar-refractivity contribution in [3.05, 3.63) is 11.7 Å². The SMILES string of the molecule is CSCC[C@H](N)c1nc(C2CC3CCC2C3)no1. The molecule has 2 saturated carbocycles. The average Bonchev–Trinajstić information content (AvgIpc) is 3.09. The molecule has 2 fully saturated rings. The van der Waals surface area contributed by atoms with Crippen LogP contribution in [0.4, 0.5) is 0 Å². The first kappa shape index (κ1) is 12.5. The first-order valence-corrected chi connectivity index (χ1v) is 8.25. The van der Waals surface area contributed by atoms with Crippen LogP contribution in [0.5, 0.6) is 0 Å². The van der Waals surface area contributed by atoms with Gasteiger partial charge >= 0.3 is 0 Å². The number of nitrogens with two attached hydrogens (primary N) is 1. The summed E-state index contributed by atoms with van der Waals surface area (Å²) in [6.45, 7) is 0. The van der Waals surface area contributed by atoms with Crippen LogP contribution < -0.4 is 5.73 Å². The fourth-order valence-corrected chi connectivity index (χ4v) is 3.97. The Balaban J connectivity index is 1.66. The van der Waals surface area contributed by atoms with E-state index in [4.69, 9.17) is 10.3 Å². The Morgan fingerprint density at radius 2 is 2.33 bits per heavy atom.